The van der Waals surface area contributed by atoms with E-state index in [1.165, 1.54) is 11.3 Å². The van der Waals surface area contributed by atoms with E-state index < -0.39 is 0 Å². The number of ether oxygens (including phenoxy) is 1. The Bertz CT molecular complexity index is 1180. The predicted octanol–water partition coefficient (Wildman–Crippen LogP) is 5.40. The maximum absolute atomic E-state index is 12.3. The van der Waals surface area contributed by atoms with Crippen LogP contribution in [0.15, 0.2) is 41.8 Å². The summed E-state index contributed by atoms with van der Waals surface area (Å²) in [7, 11) is 0. The van der Waals surface area contributed by atoms with Crippen molar-refractivity contribution in [2.45, 2.75) is 13.8 Å². The molecule has 0 saturated heterocycles. The molecule has 2 heterocycles. The number of carbonyl (C=O) groups excluding carboxylic acids is 1. The zero-order chi connectivity index (χ0) is 20.5. The van der Waals surface area contributed by atoms with Gasteiger partial charge in [0.1, 0.15) is 5.75 Å². The second-order valence-electron chi connectivity index (χ2n) is 6.47. The minimum Gasteiger partial charge on any atom is -0.484 e. The van der Waals surface area contributed by atoms with Crippen LogP contribution in [0.3, 0.4) is 0 Å². The number of aromatic nitrogens is 3. The topological polar surface area (TPSA) is 68.5 Å². The number of amides is 1. The molecule has 148 valence electrons. The van der Waals surface area contributed by atoms with E-state index >= 15 is 0 Å². The number of fused-ring (bicyclic) bond motifs is 1. The van der Waals surface area contributed by atoms with Crippen molar-refractivity contribution in [3.05, 3.63) is 63.0 Å². The summed E-state index contributed by atoms with van der Waals surface area (Å²) in [5.41, 5.74) is 3.62. The van der Waals surface area contributed by atoms with Gasteiger partial charge in [-0.3, -0.25) is 10.1 Å². The van der Waals surface area contributed by atoms with Crippen LogP contribution in [0, 0.1) is 13.8 Å². The van der Waals surface area contributed by atoms with Gasteiger partial charge in [-0.15, -0.1) is 16.4 Å². The summed E-state index contributed by atoms with van der Waals surface area (Å²) in [5.74, 6) is 0.467. The molecule has 1 amide bonds. The molecule has 0 fully saturated rings. The molecular formula is C20H16Cl2N4O2S. The summed E-state index contributed by atoms with van der Waals surface area (Å²) in [6.07, 6.45) is 0. The first-order valence-corrected chi connectivity index (χ1v) is 10.3. The van der Waals surface area contributed by atoms with Crippen LogP contribution in [0.25, 0.3) is 16.2 Å². The number of hydrogen-bond donors (Lipinski definition) is 1. The molecule has 4 rings (SSSR count). The largest absolute Gasteiger partial charge is 0.484 e. The normalized spacial score (nSPS) is 11.0. The van der Waals surface area contributed by atoms with Gasteiger partial charge in [-0.25, -0.2) is 4.52 Å². The number of hydrogen-bond acceptors (Lipinski definition) is 5. The Morgan fingerprint density at radius 2 is 1.86 bits per heavy atom. The third-order valence-electron chi connectivity index (χ3n) is 4.25. The molecule has 2 aromatic carbocycles. The lowest BCUT2D eigenvalue weighted by Crippen LogP contribution is -2.21. The van der Waals surface area contributed by atoms with Gasteiger partial charge in [0.25, 0.3) is 11.9 Å². The van der Waals surface area contributed by atoms with Crippen molar-refractivity contribution in [1.82, 2.24) is 14.6 Å². The van der Waals surface area contributed by atoms with Crippen LogP contribution in [0.4, 0.5) is 5.95 Å². The van der Waals surface area contributed by atoms with Crippen molar-refractivity contribution in [3.8, 4) is 17.0 Å². The monoisotopic (exact) mass is 446 g/mol. The predicted molar refractivity (Wildman–Crippen MR) is 116 cm³/mol. The van der Waals surface area contributed by atoms with Gasteiger partial charge >= 0.3 is 0 Å². The van der Waals surface area contributed by atoms with Gasteiger partial charge in [0.2, 0.25) is 4.96 Å². The summed E-state index contributed by atoms with van der Waals surface area (Å²) in [5, 5.41) is 10.4. The third-order valence-corrected chi connectivity index (χ3v) is 5.92. The van der Waals surface area contributed by atoms with Crippen molar-refractivity contribution in [2.24, 2.45) is 0 Å². The van der Waals surface area contributed by atoms with Gasteiger partial charge in [-0.05, 0) is 49.2 Å². The zero-order valence-corrected chi connectivity index (χ0v) is 17.9. The minimum atomic E-state index is -0.346. The van der Waals surface area contributed by atoms with Crippen LogP contribution in [0.2, 0.25) is 10.0 Å². The molecule has 9 heteroatoms. The minimum absolute atomic E-state index is 0.155. The van der Waals surface area contributed by atoms with Gasteiger partial charge in [0.15, 0.2) is 6.61 Å². The molecule has 0 aliphatic heterocycles. The number of halogens is 2. The Balaban J connectivity index is 1.45. The summed E-state index contributed by atoms with van der Waals surface area (Å²) >= 11 is 13.5. The lowest BCUT2D eigenvalue weighted by atomic mass is 10.1. The van der Waals surface area contributed by atoms with Gasteiger partial charge in [-0.2, -0.15) is 4.98 Å². The second-order valence-corrected chi connectivity index (χ2v) is 8.12. The average molecular weight is 447 g/mol. The number of nitrogens with zero attached hydrogens (tertiary/aromatic N) is 3. The average Bonchev–Trinajstić information content (AvgIpc) is 3.25. The molecule has 1 N–H and O–H groups in total. The smallest absolute Gasteiger partial charge is 0.264 e. The SMILES string of the molecule is Cc1cc(OCC(=O)Nc2nc3scc(-c4ccc(Cl)cc4)n3n2)cc(C)c1Cl. The first kappa shape index (κ1) is 19.7. The fourth-order valence-corrected chi connectivity index (χ4v) is 3.92. The lowest BCUT2D eigenvalue weighted by Gasteiger charge is -2.09. The van der Waals surface area contributed by atoms with Gasteiger partial charge in [0.05, 0.1) is 5.69 Å². The van der Waals surface area contributed by atoms with Crippen molar-refractivity contribution in [2.75, 3.05) is 11.9 Å². The molecule has 4 aromatic rings. The molecule has 0 aliphatic carbocycles. The Labute approximate surface area is 181 Å². The van der Waals surface area contributed by atoms with Crippen molar-refractivity contribution in [3.63, 3.8) is 0 Å². The summed E-state index contributed by atoms with van der Waals surface area (Å²) in [6.45, 7) is 3.63. The molecule has 29 heavy (non-hydrogen) atoms. The molecule has 6 nitrogen and oxygen atoms in total. The Hall–Kier alpha value is -2.61. The summed E-state index contributed by atoms with van der Waals surface area (Å²) in [6, 6.07) is 11.0. The van der Waals surface area contributed by atoms with Crippen molar-refractivity contribution >= 4 is 51.4 Å². The summed E-state index contributed by atoms with van der Waals surface area (Å²) in [4.78, 5) is 17.3. The van der Waals surface area contributed by atoms with E-state index in [1.54, 1.807) is 16.6 Å². The lowest BCUT2D eigenvalue weighted by molar-refractivity contribution is -0.118. The molecule has 0 atom stereocenters. The molecule has 0 saturated carbocycles. The molecule has 0 unspecified atom stereocenters. The van der Waals surface area contributed by atoms with Crippen molar-refractivity contribution < 1.29 is 9.53 Å². The molecule has 2 aromatic heterocycles. The number of thiazole rings is 1. The molecule has 0 bridgehead atoms. The van der Waals surface area contributed by atoms with Gasteiger partial charge in [-0.1, -0.05) is 35.3 Å². The number of benzene rings is 2. The highest BCUT2D eigenvalue weighted by Crippen LogP contribution is 2.27. The summed E-state index contributed by atoms with van der Waals surface area (Å²) < 4.78 is 7.26. The van der Waals surface area contributed by atoms with Crippen molar-refractivity contribution in [1.29, 1.82) is 0 Å². The van der Waals surface area contributed by atoms with Gasteiger partial charge in [0, 0.05) is 21.0 Å². The highest BCUT2D eigenvalue weighted by molar-refractivity contribution is 7.15. The van der Waals surface area contributed by atoms with E-state index in [-0.39, 0.29) is 18.5 Å². The van der Waals surface area contributed by atoms with Crippen LogP contribution in [-0.2, 0) is 4.79 Å². The van der Waals surface area contributed by atoms with E-state index in [9.17, 15) is 4.79 Å². The first-order valence-electron chi connectivity index (χ1n) is 8.70. The Kier molecular flexibility index (Phi) is 5.45. The van der Waals surface area contributed by atoms with Crippen LogP contribution in [0.1, 0.15) is 11.1 Å². The zero-order valence-electron chi connectivity index (χ0n) is 15.6. The Morgan fingerprint density at radius 1 is 1.17 bits per heavy atom. The third kappa shape index (κ3) is 4.22. The maximum Gasteiger partial charge on any atom is 0.264 e. The van der Waals surface area contributed by atoms with E-state index in [4.69, 9.17) is 27.9 Å². The van der Waals surface area contributed by atoms with E-state index in [2.05, 4.69) is 15.4 Å². The quantitative estimate of drug-likeness (QED) is 0.445. The number of rotatable bonds is 5. The molecule has 0 radical (unpaired) electrons. The molecule has 0 spiro atoms. The fraction of sp³-hybridized carbons (Fsp3) is 0.150. The Morgan fingerprint density at radius 3 is 2.55 bits per heavy atom. The highest BCUT2D eigenvalue weighted by atomic mass is 35.5. The van der Waals surface area contributed by atoms with Gasteiger partial charge < -0.3 is 4.74 Å². The number of aryl methyl sites for hydroxylation is 2. The maximum atomic E-state index is 12.3. The van der Waals surface area contributed by atoms with E-state index in [0.717, 1.165) is 22.4 Å². The molecular weight excluding hydrogens is 431 g/mol. The fourth-order valence-electron chi connectivity index (χ4n) is 2.85. The van der Waals surface area contributed by atoms with E-state index in [0.29, 0.717) is 20.8 Å². The van der Waals surface area contributed by atoms with Crippen LogP contribution < -0.4 is 10.1 Å². The number of nitrogens with one attached hydrogen (secondary N) is 1. The number of carbonyl (C=O) groups is 1. The standard InChI is InChI=1S/C20H16Cl2N4O2S/c1-11-7-15(8-12(2)18(11)22)28-9-17(27)23-19-24-20-26(25-19)16(10-29-20)13-3-5-14(21)6-4-13/h3-8,10H,9H2,1-2H3,(H,23,25,27). The van der Waals surface area contributed by atoms with Crippen LogP contribution in [0.5, 0.6) is 5.75 Å². The second kappa shape index (κ2) is 8.02. The van der Waals surface area contributed by atoms with Crippen LogP contribution in [-0.4, -0.2) is 27.1 Å². The molecule has 0 aliphatic rings. The van der Waals surface area contributed by atoms with Crippen LogP contribution >= 0.6 is 34.5 Å². The van der Waals surface area contributed by atoms with E-state index in [1.807, 2.05) is 43.5 Å². The number of anilines is 1. The first-order chi connectivity index (χ1) is 13.9. The highest BCUT2D eigenvalue weighted by Gasteiger charge is 2.14.